The van der Waals surface area contributed by atoms with Gasteiger partial charge in [0.1, 0.15) is 12.4 Å². The molecule has 2 aromatic rings. The second-order valence-corrected chi connectivity index (χ2v) is 4.34. The fourth-order valence-corrected chi connectivity index (χ4v) is 2.12. The largest absolute Gasteiger partial charge is 0.491 e. The van der Waals surface area contributed by atoms with Crippen LogP contribution < -0.4 is 15.4 Å². The minimum Gasteiger partial charge on any atom is -0.491 e. The Labute approximate surface area is 105 Å². The first kappa shape index (κ1) is 10.9. The summed E-state index contributed by atoms with van der Waals surface area (Å²) in [6.45, 7) is 1.09. The predicted octanol–water partition coefficient (Wildman–Crippen LogP) is 1.90. The molecule has 4 heteroatoms. The van der Waals surface area contributed by atoms with Gasteiger partial charge in [0.15, 0.2) is 0 Å². The summed E-state index contributed by atoms with van der Waals surface area (Å²) >= 11 is 0. The van der Waals surface area contributed by atoms with Gasteiger partial charge in [0.2, 0.25) is 0 Å². The zero-order chi connectivity index (χ0) is 12.4. The number of carbonyl (C=O) groups is 1. The fourth-order valence-electron chi connectivity index (χ4n) is 2.12. The minimum absolute atomic E-state index is 0.0384. The van der Waals surface area contributed by atoms with Crippen molar-refractivity contribution in [1.82, 2.24) is 10.6 Å². The van der Waals surface area contributed by atoms with Crippen molar-refractivity contribution in [2.45, 2.75) is 6.04 Å². The van der Waals surface area contributed by atoms with E-state index in [0.717, 1.165) is 16.5 Å². The van der Waals surface area contributed by atoms with Gasteiger partial charge in [0.25, 0.3) is 0 Å². The molecule has 1 unspecified atom stereocenters. The summed E-state index contributed by atoms with van der Waals surface area (Å²) in [5.41, 5.74) is 0. The third-order valence-electron chi connectivity index (χ3n) is 3.03. The maximum atomic E-state index is 11.0. The Balaban J connectivity index is 1.76. The molecular formula is C14H14N2O2. The molecule has 0 radical (unpaired) electrons. The molecule has 1 heterocycles. The highest BCUT2D eigenvalue weighted by molar-refractivity contribution is 5.88. The van der Waals surface area contributed by atoms with Gasteiger partial charge in [-0.25, -0.2) is 4.79 Å². The van der Waals surface area contributed by atoms with Crippen molar-refractivity contribution in [3.05, 3.63) is 42.5 Å². The van der Waals surface area contributed by atoms with Gasteiger partial charge in [-0.15, -0.1) is 0 Å². The zero-order valence-corrected chi connectivity index (χ0v) is 9.85. The van der Waals surface area contributed by atoms with E-state index in [9.17, 15) is 4.79 Å². The molecule has 1 aliphatic heterocycles. The molecule has 3 rings (SSSR count). The monoisotopic (exact) mass is 242 g/mol. The van der Waals surface area contributed by atoms with Crippen molar-refractivity contribution in [1.29, 1.82) is 0 Å². The Morgan fingerprint density at radius 3 is 2.83 bits per heavy atom. The van der Waals surface area contributed by atoms with Crippen molar-refractivity contribution in [2.75, 3.05) is 13.2 Å². The van der Waals surface area contributed by atoms with E-state index in [1.807, 2.05) is 30.3 Å². The third-order valence-corrected chi connectivity index (χ3v) is 3.03. The predicted molar refractivity (Wildman–Crippen MR) is 69.8 cm³/mol. The van der Waals surface area contributed by atoms with Gasteiger partial charge in [0.05, 0.1) is 6.04 Å². The van der Waals surface area contributed by atoms with Gasteiger partial charge in [-0.05, 0) is 11.5 Å². The molecule has 0 spiro atoms. The van der Waals surface area contributed by atoms with E-state index in [2.05, 4.69) is 22.8 Å². The number of nitrogens with one attached hydrogen (secondary N) is 2. The lowest BCUT2D eigenvalue weighted by molar-refractivity contribution is 0.243. The number of hydrogen-bond donors (Lipinski definition) is 2. The maximum absolute atomic E-state index is 11.0. The maximum Gasteiger partial charge on any atom is 0.315 e. The quantitative estimate of drug-likeness (QED) is 0.863. The van der Waals surface area contributed by atoms with E-state index in [0.29, 0.717) is 13.2 Å². The molecule has 0 saturated carbocycles. The van der Waals surface area contributed by atoms with E-state index in [1.165, 1.54) is 0 Å². The van der Waals surface area contributed by atoms with E-state index in [4.69, 9.17) is 4.74 Å². The highest BCUT2D eigenvalue weighted by Crippen LogP contribution is 2.25. The van der Waals surface area contributed by atoms with Crippen LogP contribution in [0.1, 0.15) is 0 Å². The van der Waals surface area contributed by atoms with Gasteiger partial charge in [0, 0.05) is 11.9 Å². The van der Waals surface area contributed by atoms with Crippen LogP contribution >= 0.6 is 0 Å². The second kappa shape index (κ2) is 4.56. The van der Waals surface area contributed by atoms with Crippen LogP contribution in [0.4, 0.5) is 4.79 Å². The highest BCUT2D eigenvalue weighted by Gasteiger charge is 2.20. The minimum atomic E-state index is -0.124. The summed E-state index contributed by atoms with van der Waals surface area (Å²) < 4.78 is 5.80. The van der Waals surface area contributed by atoms with Crippen molar-refractivity contribution in [3.63, 3.8) is 0 Å². The molecule has 2 N–H and O–H groups in total. The van der Waals surface area contributed by atoms with E-state index < -0.39 is 0 Å². The Hall–Kier alpha value is -2.23. The summed E-state index contributed by atoms with van der Waals surface area (Å²) in [6, 6.07) is 14.0. The molecule has 1 aliphatic rings. The molecule has 18 heavy (non-hydrogen) atoms. The highest BCUT2D eigenvalue weighted by atomic mass is 16.5. The van der Waals surface area contributed by atoms with Crippen LogP contribution in [0.25, 0.3) is 10.8 Å². The molecule has 92 valence electrons. The number of ether oxygens (including phenoxy) is 1. The van der Waals surface area contributed by atoms with E-state index in [-0.39, 0.29) is 12.1 Å². The van der Waals surface area contributed by atoms with Crippen LogP contribution in [0, 0.1) is 0 Å². The molecule has 1 fully saturated rings. The molecular weight excluding hydrogens is 228 g/mol. The summed E-state index contributed by atoms with van der Waals surface area (Å²) in [6.07, 6.45) is 0. The Morgan fingerprint density at radius 2 is 2.00 bits per heavy atom. The summed E-state index contributed by atoms with van der Waals surface area (Å²) in [5.74, 6) is 0.856. The first-order chi connectivity index (χ1) is 8.83. The van der Waals surface area contributed by atoms with Gasteiger partial charge in [-0.3, -0.25) is 0 Å². The van der Waals surface area contributed by atoms with Crippen LogP contribution in [0.2, 0.25) is 0 Å². The standard InChI is InChI=1S/C14H14N2O2/c17-14-15-8-11(16-14)9-18-13-7-3-5-10-4-1-2-6-12(10)13/h1-7,11H,8-9H2,(H2,15,16,17). The Kier molecular flexibility index (Phi) is 2.76. The third kappa shape index (κ3) is 2.09. The number of carbonyl (C=O) groups excluding carboxylic acids is 1. The molecule has 2 aromatic carbocycles. The Bertz CT molecular complexity index is 578. The Morgan fingerprint density at radius 1 is 1.17 bits per heavy atom. The lowest BCUT2D eigenvalue weighted by atomic mass is 10.1. The number of benzene rings is 2. The molecule has 0 aliphatic carbocycles. The van der Waals surface area contributed by atoms with E-state index in [1.54, 1.807) is 0 Å². The van der Waals surface area contributed by atoms with Gasteiger partial charge < -0.3 is 15.4 Å². The van der Waals surface area contributed by atoms with Crippen molar-refractivity contribution in [3.8, 4) is 5.75 Å². The average molecular weight is 242 g/mol. The van der Waals surface area contributed by atoms with E-state index >= 15 is 0 Å². The van der Waals surface area contributed by atoms with Crippen LogP contribution in [0.3, 0.4) is 0 Å². The molecule has 0 bridgehead atoms. The van der Waals surface area contributed by atoms with Gasteiger partial charge in [-0.2, -0.15) is 0 Å². The SMILES string of the molecule is O=C1NCC(COc2cccc3ccccc23)N1. The first-order valence-corrected chi connectivity index (χ1v) is 5.98. The summed E-state index contributed by atoms with van der Waals surface area (Å²) in [5, 5.41) is 7.76. The fraction of sp³-hybridized carbons (Fsp3) is 0.214. The van der Waals surface area contributed by atoms with Crippen LogP contribution in [0.15, 0.2) is 42.5 Å². The molecule has 4 nitrogen and oxygen atoms in total. The number of urea groups is 1. The van der Waals surface area contributed by atoms with Gasteiger partial charge in [-0.1, -0.05) is 36.4 Å². The summed E-state index contributed by atoms with van der Waals surface area (Å²) in [4.78, 5) is 11.0. The number of hydrogen-bond acceptors (Lipinski definition) is 2. The van der Waals surface area contributed by atoms with Crippen LogP contribution in [-0.4, -0.2) is 25.2 Å². The van der Waals surface area contributed by atoms with Crippen molar-refractivity contribution < 1.29 is 9.53 Å². The van der Waals surface area contributed by atoms with Crippen molar-refractivity contribution >= 4 is 16.8 Å². The summed E-state index contributed by atoms with van der Waals surface area (Å²) in [7, 11) is 0. The molecule has 2 amide bonds. The smallest absolute Gasteiger partial charge is 0.315 e. The number of rotatable bonds is 3. The normalized spacial score (nSPS) is 18.4. The van der Waals surface area contributed by atoms with Gasteiger partial charge >= 0.3 is 6.03 Å². The van der Waals surface area contributed by atoms with Crippen molar-refractivity contribution in [2.24, 2.45) is 0 Å². The average Bonchev–Trinajstić information content (AvgIpc) is 2.82. The molecule has 1 atom stereocenters. The lowest BCUT2D eigenvalue weighted by Crippen LogP contribution is -2.32. The van der Waals surface area contributed by atoms with Crippen LogP contribution in [0.5, 0.6) is 5.75 Å². The second-order valence-electron chi connectivity index (χ2n) is 4.34. The lowest BCUT2D eigenvalue weighted by Gasteiger charge is -2.12. The topological polar surface area (TPSA) is 50.4 Å². The number of fused-ring (bicyclic) bond motifs is 1. The van der Waals surface area contributed by atoms with Crippen LogP contribution in [-0.2, 0) is 0 Å². The number of amides is 2. The first-order valence-electron chi connectivity index (χ1n) is 5.98. The molecule has 0 aromatic heterocycles. The zero-order valence-electron chi connectivity index (χ0n) is 9.85. The molecule has 1 saturated heterocycles.